The molecule has 0 spiro atoms. The molecule has 1 aromatic carbocycles. The molecule has 0 amide bonds. The van der Waals surface area contributed by atoms with Crippen LogP contribution in [0.3, 0.4) is 0 Å². The van der Waals surface area contributed by atoms with Crippen LogP contribution < -0.4 is 0 Å². The number of nitrogens with one attached hydrogen (secondary N) is 1. The molecule has 1 aliphatic carbocycles. The standard InChI is InChI=1S/C16H19N3O2S/c20-22(21,15-9-17-11-18-15)19-10-12-6-7-14(8-12)16(19)13-4-2-1-3-5-13/h1-5,9,11-12,14,16H,6-8,10H2,(H,17,18)/t12-,14-,16-/m0/s1. The van der Waals surface area contributed by atoms with Crippen molar-refractivity contribution >= 4 is 10.0 Å². The highest BCUT2D eigenvalue weighted by atomic mass is 32.2. The highest BCUT2D eigenvalue weighted by Crippen LogP contribution is 2.49. The number of hydrogen-bond donors (Lipinski definition) is 1. The van der Waals surface area contributed by atoms with Gasteiger partial charge in [0.25, 0.3) is 10.0 Å². The molecule has 22 heavy (non-hydrogen) atoms. The number of imidazole rings is 1. The lowest BCUT2D eigenvalue weighted by Crippen LogP contribution is -2.43. The van der Waals surface area contributed by atoms with Gasteiger partial charge in [-0.2, -0.15) is 4.31 Å². The Hall–Kier alpha value is -1.66. The Labute approximate surface area is 130 Å². The molecule has 2 bridgehead atoms. The minimum absolute atomic E-state index is 0.0618. The Bertz CT molecular complexity index is 743. The molecule has 1 aromatic heterocycles. The number of rotatable bonds is 3. The number of sulfonamides is 1. The summed E-state index contributed by atoms with van der Waals surface area (Å²) in [5, 5.41) is 0.190. The van der Waals surface area contributed by atoms with Crippen LogP contribution in [-0.2, 0) is 10.0 Å². The molecule has 1 aliphatic heterocycles. The average molecular weight is 317 g/mol. The first-order chi connectivity index (χ1) is 10.7. The zero-order valence-electron chi connectivity index (χ0n) is 12.2. The third-order valence-corrected chi connectivity index (χ3v) is 6.75. The van der Waals surface area contributed by atoms with Crippen LogP contribution in [0.1, 0.15) is 30.9 Å². The molecule has 5 nitrogen and oxygen atoms in total. The van der Waals surface area contributed by atoms with E-state index in [-0.39, 0.29) is 11.1 Å². The van der Waals surface area contributed by atoms with Crippen molar-refractivity contribution in [3.05, 3.63) is 48.4 Å². The Morgan fingerprint density at radius 2 is 2.00 bits per heavy atom. The molecular formula is C16H19N3O2S. The van der Waals surface area contributed by atoms with Crippen molar-refractivity contribution in [1.29, 1.82) is 0 Å². The Kier molecular flexibility index (Phi) is 3.31. The summed E-state index contributed by atoms with van der Waals surface area (Å²) in [7, 11) is -3.53. The fourth-order valence-corrected chi connectivity index (χ4v) is 5.66. The van der Waals surface area contributed by atoms with Crippen LogP contribution in [-0.4, -0.2) is 29.2 Å². The molecule has 0 unspecified atom stereocenters. The number of hydrogen-bond acceptors (Lipinski definition) is 3. The molecule has 4 rings (SSSR count). The predicted octanol–water partition coefficient (Wildman–Crippen LogP) is 2.57. The van der Waals surface area contributed by atoms with Crippen molar-refractivity contribution in [2.45, 2.75) is 30.3 Å². The third-order valence-electron chi connectivity index (χ3n) is 4.98. The second-order valence-electron chi connectivity index (χ2n) is 6.29. The number of benzene rings is 1. The first-order valence-electron chi connectivity index (χ1n) is 7.71. The molecule has 3 atom stereocenters. The molecule has 1 N–H and O–H groups in total. The number of aromatic amines is 1. The van der Waals surface area contributed by atoms with E-state index in [9.17, 15) is 8.42 Å². The van der Waals surface area contributed by atoms with Crippen molar-refractivity contribution in [1.82, 2.24) is 14.3 Å². The summed E-state index contributed by atoms with van der Waals surface area (Å²) in [6, 6.07) is 9.96. The number of nitrogens with zero attached hydrogens (tertiary/aromatic N) is 2. The van der Waals surface area contributed by atoms with E-state index in [1.165, 1.54) is 12.5 Å². The number of fused-ring (bicyclic) bond motifs is 2. The minimum atomic E-state index is -3.53. The van der Waals surface area contributed by atoms with Gasteiger partial charge >= 0.3 is 0 Å². The normalized spacial score (nSPS) is 28.8. The molecule has 2 heterocycles. The summed E-state index contributed by atoms with van der Waals surface area (Å²) < 4.78 is 27.7. The van der Waals surface area contributed by atoms with Crippen LogP contribution in [0.15, 0.2) is 47.9 Å². The van der Waals surface area contributed by atoms with Gasteiger partial charge in [-0.25, -0.2) is 13.4 Å². The largest absolute Gasteiger partial charge is 0.335 e. The van der Waals surface area contributed by atoms with E-state index >= 15 is 0 Å². The summed E-state index contributed by atoms with van der Waals surface area (Å²) in [5.41, 5.74) is 1.09. The van der Waals surface area contributed by atoms with Gasteiger partial charge < -0.3 is 4.98 Å². The van der Waals surface area contributed by atoms with Crippen molar-refractivity contribution < 1.29 is 8.42 Å². The van der Waals surface area contributed by atoms with Crippen LogP contribution in [0.4, 0.5) is 0 Å². The highest BCUT2D eigenvalue weighted by Gasteiger charge is 2.46. The van der Waals surface area contributed by atoms with Crippen LogP contribution in [0.25, 0.3) is 0 Å². The summed E-state index contributed by atoms with van der Waals surface area (Å²) in [5.74, 6) is 0.904. The van der Waals surface area contributed by atoms with Crippen molar-refractivity contribution in [2.24, 2.45) is 11.8 Å². The first kappa shape index (κ1) is 14.0. The third kappa shape index (κ3) is 2.18. The zero-order chi connectivity index (χ0) is 15.2. The SMILES string of the molecule is O=S(=O)(c1cnc[nH]1)N1C[C@H]2CC[C@@H](C2)[C@@H]1c1ccccc1. The van der Waals surface area contributed by atoms with Gasteiger partial charge in [0.1, 0.15) is 0 Å². The predicted molar refractivity (Wildman–Crippen MR) is 82.5 cm³/mol. The summed E-state index contributed by atoms with van der Waals surface area (Å²) in [6.45, 7) is 0.609. The molecule has 1 saturated carbocycles. The van der Waals surface area contributed by atoms with Gasteiger partial charge in [0.05, 0.1) is 18.6 Å². The number of piperidine rings is 1. The first-order valence-corrected chi connectivity index (χ1v) is 9.15. The number of H-pyrrole nitrogens is 1. The van der Waals surface area contributed by atoms with E-state index in [4.69, 9.17) is 0 Å². The second-order valence-corrected chi connectivity index (χ2v) is 8.14. The monoisotopic (exact) mass is 317 g/mol. The summed E-state index contributed by atoms with van der Waals surface area (Å²) in [6.07, 6.45) is 6.19. The molecular weight excluding hydrogens is 298 g/mol. The van der Waals surface area contributed by atoms with Crippen LogP contribution >= 0.6 is 0 Å². The maximum Gasteiger partial charge on any atom is 0.260 e. The maximum absolute atomic E-state index is 13.0. The Morgan fingerprint density at radius 1 is 1.18 bits per heavy atom. The van der Waals surface area contributed by atoms with Crippen LogP contribution in [0.2, 0.25) is 0 Å². The maximum atomic E-state index is 13.0. The molecule has 0 radical (unpaired) electrons. The number of aromatic nitrogens is 2. The Morgan fingerprint density at radius 3 is 2.73 bits per heavy atom. The van der Waals surface area contributed by atoms with Gasteiger partial charge in [-0.3, -0.25) is 0 Å². The molecule has 6 heteroatoms. The lowest BCUT2D eigenvalue weighted by atomic mass is 9.88. The van der Waals surface area contributed by atoms with E-state index in [0.717, 1.165) is 24.8 Å². The molecule has 2 fully saturated rings. The van der Waals surface area contributed by atoms with Crippen LogP contribution in [0, 0.1) is 11.8 Å². The van der Waals surface area contributed by atoms with Crippen LogP contribution in [0.5, 0.6) is 0 Å². The minimum Gasteiger partial charge on any atom is -0.335 e. The molecule has 2 aromatic rings. The van der Waals surface area contributed by atoms with Gasteiger partial charge in [-0.1, -0.05) is 30.3 Å². The van der Waals surface area contributed by atoms with Gasteiger partial charge in [0.15, 0.2) is 5.03 Å². The zero-order valence-corrected chi connectivity index (χ0v) is 13.0. The lowest BCUT2D eigenvalue weighted by Gasteiger charge is -2.39. The fourth-order valence-electron chi connectivity index (χ4n) is 4.02. The summed E-state index contributed by atoms with van der Waals surface area (Å²) in [4.78, 5) is 6.63. The van der Waals surface area contributed by atoms with Crippen molar-refractivity contribution in [3.63, 3.8) is 0 Å². The van der Waals surface area contributed by atoms with E-state index in [2.05, 4.69) is 9.97 Å². The smallest absolute Gasteiger partial charge is 0.260 e. The van der Waals surface area contributed by atoms with Gasteiger partial charge in [-0.05, 0) is 36.7 Å². The molecule has 116 valence electrons. The van der Waals surface area contributed by atoms with E-state index in [0.29, 0.717) is 18.4 Å². The quantitative estimate of drug-likeness (QED) is 0.946. The highest BCUT2D eigenvalue weighted by molar-refractivity contribution is 7.89. The Balaban J connectivity index is 1.79. The van der Waals surface area contributed by atoms with E-state index < -0.39 is 10.0 Å². The van der Waals surface area contributed by atoms with Crippen molar-refractivity contribution in [2.75, 3.05) is 6.54 Å². The fraction of sp³-hybridized carbons (Fsp3) is 0.438. The molecule has 2 aliphatic rings. The van der Waals surface area contributed by atoms with Gasteiger partial charge in [-0.15, -0.1) is 0 Å². The second kappa shape index (κ2) is 5.21. The van der Waals surface area contributed by atoms with E-state index in [1.807, 2.05) is 30.3 Å². The van der Waals surface area contributed by atoms with E-state index in [1.54, 1.807) is 4.31 Å². The molecule has 1 saturated heterocycles. The lowest BCUT2D eigenvalue weighted by molar-refractivity contribution is 0.177. The topological polar surface area (TPSA) is 66.1 Å². The van der Waals surface area contributed by atoms with Crippen molar-refractivity contribution in [3.8, 4) is 0 Å². The summed E-state index contributed by atoms with van der Waals surface area (Å²) >= 11 is 0. The van der Waals surface area contributed by atoms with Gasteiger partial charge in [0.2, 0.25) is 0 Å². The van der Waals surface area contributed by atoms with Gasteiger partial charge in [0, 0.05) is 6.54 Å². The average Bonchev–Trinajstić information content (AvgIpc) is 3.19.